The number of aliphatic hydroxyl groups is 2. The van der Waals surface area contributed by atoms with Crippen LogP contribution in [0.5, 0.6) is 0 Å². The van der Waals surface area contributed by atoms with Gasteiger partial charge < -0.3 is 29.4 Å². The van der Waals surface area contributed by atoms with Crippen LogP contribution in [0.4, 0.5) is 0 Å². The maximum Gasteiger partial charge on any atom is 0.279 e. The van der Waals surface area contributed by atoms with Gasteiger partial charge in [-0.15, -0.1) is 0 Å². The Hall–Kier alpha value is -3.27. The zero-order valence-electron chi connectivity index (χ0n) is 16.9. The third-order valence-electron chi connectivity index (χ3n) is 5.64. The highest BCUT2D eigenvalue weighted by atomic mass is 16.6. The second-order valence-electron chi connectivity index (χ2n) is 7.24. The van der Waals surface area contributed by atoms with Crippen molar-refractivity contribution in [3.8, 4) is 0 Å². The van der Waals surface area contributed by atoms with E-state index in [1.165, 1.54) is 18.2 Å². The van der Waals surface area contributed by atoms with Crippen LogP contribution in [0.25, 0.3) is 5.76 Å². The van der Waals surface area contributed by atoms with Crippen LogP contribution < -0.4 is 5.32 Å². The molecular formula is C22H21NO8. The number of carbonyl (C=O) groups excluding carboxylic acids is 3. The molecule has 1 fully saturated rings. The summed E-state index contributed by atoms with van der Waals surface area (Å²) in [4.78, 5) is 39.5. The number of methoxy groups -OCH3 is 1. The van der Waals surface area contributed by atoms with Crippen LogP contribution >= 0.6 is 0 Å². The molecule has 3 unspecified atom stereocenters. The van der Waals surface area contributed by atoms with Crippen LogP contribution in [0.2, 0.25) is 0 Å². The summed E-state index contributed by atoms with van der Waals surface area (Å²) in [6.45, 7) is 1.10. The lowest BCUT2D eigenvalue weighted by Crippen LogP contribution is -2.60. The van der Waals surface area contributed by atoms with Gasteiger partial charge in [-0.2, -0.15) is 0 Å². The average Bonchev–Trinajstić information content (AvgIpc) is 3.45. The van der Waals surface area contributed by atoms with Gasteiger partial charge in [-0.05, 0) is 12.1 Å². The van der Waals surface area contributed by atoms with Crippen molar-refractivity contribution in [1.82, 2.24) is 5.32 Å². The molecule has 3 heterocycles. The standard InChI is InChI=1S/C22H21NO8/c1-3-13-9-10-15(30-13)16-14(11-24)18(26)21(31-16)19(27)22(29-2,23-20(21)28)17(25)12-7-5-4-6-8-12/h4-10,19,24,27H,3,11H2,1-2H3,(H,23,28). The number of furan rings is 1. The summed E-state index contributed by atoms with van der Waals surface area (Å²) in [7, 11) is 1.13. The number of Topliss-reactive ketones (excluding diaryl/α,β-unsaturated/α-hetero) is 2. The van der Waals surface area contributed by atoms with Gasteiger partial charge in [0.05, 0.1) is 12.2 Å². The second kappa shape index (κ2) is 7.45. The predicted octanol–water partition coefficient (Wildman–Crippen LogP) is 0.600. The molecular weight excluding hydrogens is 406 g/mol. The monoisotopic (exact) mass is 427 g/mol. The van der Waals surface area contributed by atoms with Crippen molar-refractivity contribution in [3.63, 3.8) is 0 Å². The fourth-order valence-electron chi connectivity index (χ4n) is 3.94. The largest absolute Gasteiger partial charge is 0.462 e. The lowest BCUT2D eigenvalue weighted by atomic mass is 9.85. The van der Waals surface area contributed by atoms with Gasteiger partial charge in [-0.3, -0.25) is 14.4 Å². The molecule has 9 nitrogen and oxygen atoms in total. The Morgan fingerprint density at radius 2 is 1.90 bits per heavy atom. The number of hydrogen-bond donors (Lipinski definition) is 3. The second-order valence-corrected chi connectivity index (χ2v) is 7.24. The first-order valence-corrected chi connectivity index (χ1v) is 9.68. The summed E-state index contributed by atoms with van der Waals surface area (Å²) in [6.07, 6.45) is -1.47. The summed E-state index contributed by atoms with van der Waals surface area (Å²) in [5.41, 5.74) is -4.86. The molecule has 31 heavy (non-hydrogen) atoms. The molecule has 1 saturated heterocycles. The summed E-state index contributed by atoms with van der Waals surface area (Å²) in [6, 6.07) is 11.1. The van der Waals surface area contributed by atoms with Gasteiger partial charge in [0.1, 0.15) is 5.76 Å². The van der Waals surface area contributed by atoms with E-state index in [1.54, 1.807) is 24.3 Å². The Morgan fingerprint density at radius 1 is 1.19 bits per heavy atom. The normalized spacial score (nSPS) is 27.7. The molecule has 0 saturated carbocycles. The van der Waals surface area contributed by atoms with Crippen molar-refractivity contribution in [2.45, 2.75) is 30.8 Å². The Labute approximate surface area is 177 Å². The molecule has 1 amide bonds. The van der Waals surface area contributed by atoms with Crippen molar-refractivity contribution in [2.75, 3.05) is 13.7 Å². The van der Waals surface area contributed by atoms with Crippen LogP contribution in [0.15, 0.2) is 52.5 Å². The lowest BCUT2D eigenvalue weighted by Gasteiger charge is -2.32. The lowest BCUT2D eigenvalue weighted by molar-refractivity contribution is -0.156. The molecule has 0 bridgehead atoms. The summed E-state index contributed by atoms with van der Waals surface area (Å²) in [5.74, 6) is -2.23. The number of benzene rings is 1. The van der Waals surface area contributed by atoms with E-state index in [2.05, 4.69) is 5.32 Å². The number of aryl methyl sites for hydroxylation is 1. The van der Waals surface area contributed by atoms with E-state index in [-0.39, 0.29) is 22.7 Å². The smallest absolute Gasteiger partial charge is 0.279 e. The Morgan fingerprint density at radius 3 is 2.48 bits per heavy atom. The first-order chi connectivity index (χ1) is 14.9. The van der Waals surface area contributed by atoms with Crippen LogP contribution in [-0.4, -0.2) is 58.8 Å². The molecule has 9 heteroatoms. The number of amides is 1. The minimum atomic E-state index is -2.51. The molecule has 0 aliphatic carbocycles. The zero-order valence-corrected chi connectivity index (χ0v) is 16.9. The van der Waals surface area contributed by atoms with E-state index in [4.69, 9.17) is 13.9 Å². The van der Waals surface area contributed by atoms with Crippen molar-refractivity contribution in [1.29, 1.82) is 0 Å². The van der Waals surface area contributed by atoms with E-state index in [9.17, 15) is 24.6 Å². The summed E-state index contributed by atoms with van der Waals surface area (Å²) < 4.78 is 16.6. The number of rotatable bonds is 6. The zero-order chi connectivity index (χ0) is 22.4. The van der Waals surface area contributed by atoms with Crippen molar-refractivity contribution in [3.05, 3.63) is 65.1 Å². The molecule has 3 atom stereocenters. The molecule has 2 aliphatic rings. The topological polar surface area (TPSA) is 135 Å². The fraction of sp³-hybridized carbons (Fsp3) is 0.318. The number of nitrogens with one attached hydrogen (secondary N) is 1. The third-order valence-corrected chi connectivity index (χ3v) is 5.64. The van der Waals surface area contributed by atoms with E-state index >= 15 is 0 Å². The predicted molar refractivity (Wildman–Crippen MR) is 106 cm³/mol. The SMILES string of the molecule is CCc1ccc(C2=C(CO)C(=O)C3(O2)C(=O)NC(OC)(C(=O)c2ccccc2)C3O)o1. The minimum Gasteiger partial charge on any atom is -0.462 e. The van der Waals surface area contributed by atoms with Gasteiger partial charge in [0, 0.05) is 19.1 Å². The van der Waals surface area contributed by atoms with Crippen molar-refractivity contribution in [2.24, 2.45) is 0 Å². The number of hydrogen-bond acceptors (Lipinski definition) is 8. The average molecular weight is 427 g/mol. The molecule has 1 aromatic heterocycles. The maximum absolute atomic E-state index is 13.2. The number of carbonyl (C=O) groups is 3. The Balaban J connectivity index is 1.78. The first kappa shape index (κ1) is 21.0. The van der Waals surface area contributed by atoms with Crippen molar-refractivity contribution >= 4 is 23.2 Å². The molecule has 1 aromatic carbocycles. The van der Waals surface area contributed by atoms with Gasteiger partial charge in [0.2, 0.25) is 17.3 Å². The van der Waals surface area contributed by atoms with Crippen LogP contribution in [0.1, 0.15) is 28.8 Å². The molecule has 2 aliphatic heterocycles. The molecule has 1 spiro atoms. The Bertz CT molecular complexity index is 1090. The first-order valence-electron chi connectivity index (χ1n) is 9.68. The van der Waals surface area contributed by atoms with Gasteiger partial charge in [-0.25, -0.2) is 0 Å². The molecule has 3 N–H and O–H groups in total. The van der Waals surface area contributed by atoms with E-state index < -0.39 is 41.5 Å². The van der Waals surface area contributed by atoms with Gasteiger partial charge in [0.15, 0.2) is 17.6 Å². The van der Waals surface area contributed by atoms with Gasteiger partial charge in [-0.1, -0.05) is 37.3 Å². The van der Waals surface area contributed by atoms with E-state index in [0.717, 1.165) is 7.11 Å². The van der Waals surface area contributed by atoms with Crippen LogP contribution in [0.3, 0.4) is 0 Å². The molecule has 0 radical (unpaired) electrons. The highest BCUT2D eigenvalue weighted by Gasteiger charge is 2.74. The van der Waals surface area contributed by atoms with Crippen molar-refractivity contribution < 1.29 is 38.5 Å². The minimum absolute atomic E-state index is 0.121. The molecule has 162 valence electrons. The van der Waals surface area contributed by atoms with Crippen LogP contribution in [0, 0.1) is 0 Å². The van der Waals surface area contributed by atoms with Gasteiger partial charge in [0.25, 0.3) is 11.5 Å². The van der Waals surface area contributed by atoms with E-state index in [0.29, 0.717) is 12.2 Å². The summed E-state index contributed by atoms with van der Waals surface area (Å²) >= 11 is 0. The number of ketones is 2. The molecule has 2 aromatic rings. The maximum atomic E-state index is 13.2. The van der Waals surface area contributed by atoms with Crippen LogP contribution in [-0.2, 0) is 25.5 Å². The van der Waals surface area contributed by atoms with E-state index in [1.807, 2.05) is 6.92 Å². The molecule has 4 rings (SSSR count). The van der Waals surface area contributed by atoms with Gasteiger partial charge >= 0.3 is 0 Å². The highest BCUT2D eigenvalue weighted by Crippen LogP contribution is 2.46. The quantitative estimate of drug-likeness (QED) is 0.451. The summed E-state index contributed by atoms with van der Waals surface area (Å²) in [5, 5.41) is 23.3. The number of ether oxygens (including phenoxy) is 2. The Kier molecular flexibility index (Phi) is 5.04. The third kappa shape index (κ3) is 2.78. The number of aliphatic hydroxyl groups excluding tert-OH is 2. The fourth-order valence-corrected chi connectivity index (χ4v) is 3.94. The highest BCUT2D eigenvalue weighted by molar-refractivity contribution is 6.26.